The maximum Gasteiger partial charge on any atom is 0.293 e. The number of carbonyl (C=O) groups excluding carboxylic acids is 1. The molecule has 5 nitrogen and oxygen atoms in total. The number of nitrogens with zero attached hydrogens (tertiary/aromatic N) is 1. The summed E-state index contributed by atoms with van der Waals surface area (Å²) in [4.78, 5) is 25.9. The number of fused-ring (bicyclic) bond motifs is 1. The van der Waals surface area contributed by atoms with Crippen molar-refractivity contribution in [3.05, 3.63) is 74.4 Å². The molecule has 0 bridgehead atoms. The lowest BCUT2D eigenvalue weighted by Crippen LogP contribution is -1.99. The van der Waals surface area contributed by atoms with Crippen LogP contribution in [-0.2, 0) is 0 Å². The van der Waals surface area contributed by atoms with Crippen LogP contribution >= 0.6 is 15.9 Å². The number of aromatic nitrogens is 1. The number of nitro benzene ring substituents is 1. The molecule has 1 N–H and O–H groups in total. The first-order valence-corrected chi connectivity index (χ1v) is 6.92. The molecular weight excluding hydrogens is 336 g/mol. The van der Waals surface area contributed by atoms with Crippen LogP contribution in [0, 0.1) is 10.1 Å². The van der Waals surface area contributed by atoms with Crippen LogP contribution in [0.15, 0.2) is 53.1 Å². The number of nitro groups is 1. The van der Waals surface area contributed by atoms with Gasteiger partial charge in [0.25, 0.3) is 5.69 Å². The number of hydrogen-bond acceptors (Lipinski definition) is 3. The van der Waals surface area contributed by atoms with Crippen molar-refractivity contribution in [1.82, 2.24) is 4.98 Å². The third-order valence-electron chi connectivity index (χ3n) is 3.24. The van der Waals surface area contributed by atoms with Crippen LogP contribution < -0.4 is 0 Å². The number of benzene rings is 2. The molecule has 1 heterocycles. The van der Waals surface area contributed by atoms with Crippen molar-refractivity contribution in [2.24, 2.45) is 0 Å². The molecule has 1 aromatic heterocycles. The summed E-state index contributed by atoms with van der Waals surface area (Å²) in [7, 11) is 0. The lowest BCUT2D eigenvalue weighted by atomic mass is 10.0. The van der Waals surface area contributed by atoms with Gasteiger partial charge in [-0.3, -0.25) is 14.9 Å². The minimum Gasteiger partial charge on any atom is -0.355 e. The predicted octanol–water partition coefficient (Wildman–Crippen LogP) is 4.07. The van der Waals surface area contributed by atoms with Gasteiger partial charge in [-0.15, -0.1) is 0 Å². The van der Waals surface area contributed by atoms with Crippen molar-refractivity contribution in [2.75, 3.05) is 0 Å². The van der Waals surface area contributed by atoms with Gasteiger partial charge in [0.15, 0.2) is 5.78 Å². The van der Waals surface area contributed by atoms with Crippen LogP contribution in [-0.4, -0.2) is 15.7 Å². The molecule has 0 spiro atoms. The number of aromatic amines is 1. The lowest BCUT2D eigenvalue weighted by molar-refractivity contribution is -0.383. The second kappa shape index (κ2) is 5.14. The highest BCUT2D eigenvalue weighted by Gasteiger charge is 2.19. The lowest BCUT2D eigenvalue weighted by Gasteiger charge is -2.00. The van der Waals surface area contributed by atoms with Crippen LogP contribution in [0.25, 0.3) is 10.9 Å². The van der Waals surface area contributed by atoms with Gasteiger partial charge in [0.05, 0.1) is 4.92 Å². The normalized spacial score (nSPS) is 10.7. The molecule has 0 fully saturated rings. The Morgan fingerprint density at radius 3 is 2.52 bits per heavy atom. The van der Waals surface area contributed by atoms with Crippen molar-refractivity contribution < 1.29 is 9.72 Å². The van der Waals surface area contributed by atoms with E-state index in [-0.39, 0.29) is 11.5 Å². The molecule has 6 heteroatoms. The number of H-pyrrole nitrogens is 1. The summed E-state index contributed by atoms with van der Waals surface area (Å²) in [5.74, 6) is -0.172. The van der Waals surface area contributed by atoms with Crippen LogP contribution in [0.1, 0.15) is 15.9 Å². The molecule has 104 valence electrons. The van der Waals surface area contributed by atoms with Crippen LogP contribution in [0.2, 0.25) is 0 Å². The van der Waals surface area contributed by atoms with Crippen LogP contribution in [0.5, 0.6) is 0 Å². The summed E-state index contributed by atoms with van der Waals surface area (Å²) in [5.41, 5.74) is 1.28. The monoisotopic (exact) mass is 344 g/mol. The molecule has 3 rings (SSSR count). The van der Waals surface area contributed by atoms with Crippen molar-refractivity contribution in [3.63, 3.8) is 0 Å². The van der Waals surface area contributed by atoms with E-state index in [1.54, 1.807) is 36.4 Å². The Bertz CT molecular complexity index is 853. The molecule has 0 aliphatic carbocycles. The Balaban J connectivity index is 2.13. The predicted molar refractivity (Wildman–Crippen MR) is 82.5 cm³/mol. The molecule has 3 aromatic rings. The zero-order valence-electron chi connectivity index (χ0n) is 10.7. The second-order valence-corrected chi connectivity index (χ2v) is 5.41. The van der Waals surface area contributed by atoms with Crippen LogP contribution in [0.3, 0.4) is 0 Å². The van der Waals surface area contributed by atoms with E-state index in [4.69, 9.17) is 0 Å². The van der Waals surface area contributed by atoms with Gasteiger partial charge >= 0.3 is 0 Å². The fourth-order valence-electron chi connectivity index (χ4n) is 2.24. The molecule has 0 unspecified atom stereocenters. The molecule has 0 radical (unpaired) electrons. The average molecular weight is 345 g/mol. The Labute approximate surface area is 127 Å². The van der Waals surface area contributed by atoms with E-state index < -0.39 is 4.92 Å². The Morgan fingerprint density at radius 2 is 1.86 bits per heavy atom. The van der Waals surface area contributed by atoms with Gasteiger partial charge in [-0.25, -0.2) is 0 Å². The molecule has 0 atom stereocenters. The summed E-state index contributed by atoms with van der Waals surface area (Å²) in [6.07, 6.45) is 1.52. The van der Waals surface area contributed by atoms with Gasteiger partial charge in [-0.2, -0.15) is 0 Å². The number of para-hydroxylation sites is 1. The number of non-ortho nitro benzene ring substituents is 1. The first-order chi connectivity index (χ1) is 10.1. The van der Waals surface area contributed by atoms with E-state index >= 15 is 0 Å². The molecular formula is C15H9BrN2O3. The summed E-state index contributed by atoms with van der Waals surface area (Å²) < 4.78 is 0.883. The fraction of sp³-hybridized carbons (Fsp3) is 0. The Kier molecular flexibility index (Phi) is 3.31. The zero-order valence-corrected chi connectivity index (χ0v) is 12.3. The topological polar surface area (TPSA) is 76.0 Å². The van der Waals surface area contributed by atoms with E-state index in [2.05, 4.69) is 20.9 Å². The molecule has 0 saturated carbocycles. The van der Waals surface area contributed by atoms with Crippen molar-refractivity contribution in [1.29, 1.82) is 0 Å². The minimum atomic E-state index is -0.466. The van der Waals surface area contributed by atoms with Crippen molar-refractivity contribution >= 4 is 38.3 Å². The smallest absolute Gasteiger partial charge is 0.293 e. The van der Waals surface area contributed by atoms with E-state index in [1.165, 1.54) is 12.3 Å². The van der Waals surface area contributed by atoms with Gasteiger partial charge < -0.3 is 4.98 Å². The number of hydrogen-bond donors (Lipinski definition) is 1. The highest BCUT2D eigenvalue weighted by Crippen LogP contribution is 2.28. The number of carbonyl (C=O) groups is 1. The highest BCUT2D eigenvalue weighted by atomic mass is 79.9. The largest absolute Gasteiger partial charge is 0.355 e. The van der Waals surface area contributed by atoms with Gasteiger partial charge in [0.2, 0.25) is 0 Å². The summed E-state index contributed by atoms with van der Waals surface area (Å²) >= 11 is 3.32. The summed E-state index contributed by atoms with van der Waals surface area (Å²) in [6.45, 7) is 0. The summed E-state index contributed by atoms with van der Waals surface area (Å²) in [6, 6.07) is 11.7. The molecule has 2 aromatic carbocycles. The first-order valence-electron chi connectivity index (χ1n) is 6.12. The third kappa shape index (κ3) is 2.34. The maximum absolute atomic E-state index is 12.5. The van der Waals surface area contributed by atoms with Gasteiger partial charge in [0.1, 0.15) is 5.52 Å². The third-order valence-corrected chi connectivity index (χ3v) is 3.77. The first kappa shape index (κ1) is 13.5. The molecule has 0 saturated heterocycles. The number of rotatable bonds is 3. The Hall–Kier alpha value is -2.47. The van der Waals surface area contributed by atoms with Crippen molar-refractivity contribution in [2.45, 2.75) is 0 Å². The molecule has 0 aliphatic heterocycles. The molecule has 0 aliphatic rings. The second-order valence-electron chi connectivity index (χ2n) is 4.50. The number of nitrogens with one attached hydrogen (secondary N) is 1. The van der Waals surface area contributed by atoms with E-state index in [0.717, 1.165) is 4.47 Å². The number of ketones is 1. The highest BCUT2D eigenvalue weighted by molar-refractivity contribution is 9.10. The van der Waals surface area contributed by atoms with E-state index in [9.17, 15) is 14.9 Å². The zero-order chi connectivity index (χ0) is 15.0. The SMILES string of the molecule is O=C(c1ccc(Br)cc1)c1c[nH]c2c([N+](=O)[O-])cccc12. The van der Waals surface area contributed by atoms with Gasteiger partial charge in [0, 0.05) is 33.2 Å². The maximum atomic E-state index is 12.5. The Morgan fingerprint density at radius 1 is 1.14 bits per heavy atom. The van der Waals surface area contributed by atoms with Gasteiger partial charge in [-0.05, 0) is 24.3 Å². The number of halogens is 1. The standard InChI is InChI=1S/C15H9BrN2O3/c16-10-6-4-9(5-7-10)15(19)12-8-17-14-11(12)2-1-3-13(14)18(20)21/h1-8,17H. The fourth-order valence-corrected chi connectivity index (χ4v) is 2.50. The molecule has 21 heavy (non-hydrogen) atoms. The van der Waals surface area contributed by atoms with E-state index in [0.29, 0.717) is 22.0 Å². The minimum absolute atomic E-state index is 0.0395. The molecule has 0 amide bonds. The average Bonchev–Trinajstić information content (AvgIpc) is 2.90. The van der Waals surface area contributed by atoms with Crippen LogP contribution in [0.4, 0.5) is 5.69 Å². The van der Waals surface area contributed by atoms with Crippen molar-refractivity contribution in [3.8, 4) is 0 Å². The quantitative estimate of drug-likeness (QED) is 0.442. The van der Waals surface area contributed by atoms with Gasteiger partial charge in [-0.1, -0.05) is 28.1 Å². The van der Waals surface area contributed by atoms with E-state index in [1.807, 2.05) is 0 Å². The summed E-state index contributed by atoms with van der Waals surface area (Å²) in [5, 5.41) is 11.5.